The van der Waals surface area contributed by atoms with Gasteiger partial charge >= 0.3 is 0 Å². The third-order valence-corrected chi connectivity index (χ3v) is 7.61. The van der Waals surface area contributed by atoms with Crippen LogP contribution in [0.5, 0.6) is 17.2 Å². The minimum absolute atomic E-state index is 0.120. The van der Waals surface area contributed by atoms with E-state index in [1.165, 1.54) is 11.3 Å². The Morgan fingerprint density at radius 1 is 1.03 bits per heavy atom. The number of likely N-dealkylation sites (tertiary alicyclic amines) is 1. The predicted molar refractivity (Wildman–Crippen MR) is 136 cm³/mol. The topological polar surface area (TPSA) is 70.0 Å². The molecule has 1 aromatic heterocycles. The van der Waals surface area contributed by atoms with Crippen LogP contribution in [-0.4, -0.2) is 53.8 Å². The summed E-state index contributed by atoms with van der Waals surface area (Å²) in [5.41, 5.74) is 1.93. The summed E-state index contributed by atoms with van der Waals surface area (Å²) in [6, 6.07) is 18.9. The number of ketones is 1. The average molecular weight is 492 g/mol. The first-order chi connectivity index (χ1) is 17.0. The van der Waals surface area contributed by atoms with E-state index in [4.69, 9.17) is 4.74 Å². The number of thiophene rings is 1. The molecule has 4 aromatic rings. The Labute approximate surface area is 207 Å². The summed E-state index contributed by atoms with van der Waals surface area (Å²) in [6.07, 6.45) is 0.899. The van der Waals surface area contributed by atoms with Crippen molar-refractivity contribution in [3.8, 4) is 27.7 Å². The van der Waals surface area contributed by atoms with Gasteiger partial charge in [0.05, 0.1) is 6.67 Å². The van der Waals surface area contributed by atoms with Crippen molar-refractivity contribution in [2.75, 3.05) is 32.9 Å². The van der Waals surface area contributed by atoms with Crippen LogP contribution >= 0.6 is 11.3 Å². The summed E-state index contributed by atoms with van der Waals surface area (Å²) in [4.78, 5) is 16.6. The monoisotopic (exact) mass is 491 g/mol. The lowest BCUT2D eigenvalue weighted by Crippen LogP contribution is -2.26. The predicted octanol–water partition coefficient (Wildman–Crippen LogP) is 5.88. The molecule has 1 aliphatic heterocycles. The highest BCUT2D eigenvalue weighted by Gasteiger charge is 2.23. The van der Waals surface area contributed by atoms with Gasteiger partial charge in [0, 0.05) is 45.1 Å². The van der Waals surface area contributed by atoms with Crippen molar-refractivity contribution in [2.24, 2.45) is 5.92 Å². The second-order valence-corrected chi connectivity index (χ2v) is 9.90. The van der Waals surface area contributed by atoms with Gasteiger partial charge in [-0.1, -0.05) is 0 Å². The van der Waals surface area contributed by atoms with Crippen LogP contribution in [0.25, 0.3) is 20.5 Å². The number of aromatic hydroxyl groups is 2. The fraction of sp³-hybridized carbons (Fsp3) is 0.250. The molecule has 0 amide bonds. The minimum Gasteiger partial charge on any atom is -0.508 e. The Bertz CT molecular complexity index is 1330. The molecule has 5 rings (SSSR count). The number of benzene rings is 3. The van der Waals surface area contributed by atoms with Crippen LogP contribution in [0, 0.1) is 5.92 Å². The number of halogens is 1. The van der Waals surface area contributed by atoms with Crippen molar-refractivity contribution in [3.05, 3.63) is 77.9 Å². The molecule has 0 bridgehead atoms. The van der Waals surface area contributed by atoms with Crippen LogP contribution < -0.4 is 4.74 Å². The Morgan fingerprint density at radius 2 is 1.77 bits per heavy atom. The normalized spacial score (nSPS) is 16.1. The van der Waals surface area contributed by atoms with E-state index >= 15 is 0 Å². The van der Waals surface area contributed by atoms with Crippen molar-refractivity contribution < 1.29 is 24.1 Å². The molecule has 1 aliphatic rings. The molecule has 7 heteroatoms. The lowest BCUT2D eigenvalue weighted by atomic mass is 9.97. The first-order valence-electron chi connectivity index (χ1n) is 11.6. The van der Waals surface area contributed by atoms with E-state index < -0.39 is 0 Å². The SMILES string of the molecule is O=C(c1ccc(OCCN2CCC(CF)C2)cc1)c1c(-c2ccc(O)cc2)sc2cc(O)ccc12. The van der Waals surface area contributed by atoms with Gasteiger partial charge in [-0.3, -0.25) is 14.1 Å². The van der Waals surface area contributed by atoms with Gasteiger partial charge in [0.15, 0.2) is 5.78 Å². The fourth-order valence-electron chi connectivity index (χ4n) is 4.51. The van der Waals surface area contributed by atoms with Crippen LogP contribution in [0.1, 0.15) is 22.3 Å². The lowest BCUT2D eigenvalue weighted by Gasteiger charge is -2.15. The van der Waals surface area contributed by atoms with E-state index in [-0.39, 0.29) is 29.9 Å². The Kier molecular flexibility index (Phi) is 6.70. The van der Waals surface area contributed by atoms with Gasteiger partial charge < -0.3 is 14.9 Å². The van der Waals surface area contributed by atoms with E-state index in [0.717, 1.165) is 46.6 Å². The number of phenols is 2. The van der Waals surface area contributed by atoms with E-state index in [1.807, 2.05) is 0 Å². The molecule has 5 nitrogen and oxygen atoms in total. The molecule has 0 saturated carbocycles. The van der Waals surface area contributed by atoms with Crippen LogP contribution in [0.4, 0.5) is 4.39 Å². The number of phenolic OH excluding ortho intramolecular Hbond substituents is 2. The molecule has 1 fully saturated rings. The van der Waals surface area contributed by atoms with E-state index in [0.29, 0.717) is 23.5 Å². The summed E-state index contributed by atoms with van der Waals surface area (Å²) >= 11 is 1.43. The first-order valence-corrected chi connectivity index (χ1v) is 12.4. The zero-order valence-corrected chi connectivity index (χ0v) is 19.9. The van der Waals surface area contributed by atoms with Crippen LogP contribution in [0.15, 0.2) is 66.7 Å². The van der Waals surface area contributed by atoms with Crippen molar-refractivity contribution in [2.45, 2.75) is 6.42 Å². The number of fused-ring (bicyclic) bond motifs is 1. The zero-order chi connectivity index (χ0) is 24.4. The van der Waals surface area contributed by atoms with Crippen LogP contribution in [-0.2, 0) is 0 Å². The summed E-state index contributed by atoms with van der Waals surface area (Å²) in [7, 11) is 0. The minimum atomic E-state index is -0.262. The zero-order valence-electron chi connectivity index (χ0n) is 19.1. The van der Waals surface area contributed by atoms with Crippen molar-refractivity contribution in [3.63, 3.8) is 0 Å². The van der Waals surface area contributed by atoms with Crippen LogP contribution in [0.2, 0.25) is 0 Å². The quantitative estimate of drug-likeness (QED) is 0.301. The molecule has 2 heterocycles. The second-order valence-electron chi connectivity index (χ2n) is 8.85. The van der Waals surface area contributed by atoms with Gasteiger partial charge in [0.25, 0.3) is 0 Å². The number of carbonyl (C=O) groups is 1. The average Bonchev–Trinajstić information content (AvgIpc) is 3.48. The van der Waals surface area contributed by atoms with E-state index in [1.54, 1.807) is 66.7 Å². The van der Waals surface area contributed by atoms with E-state index in [2.05, 4.69) is 4.90 Å². The molecular formula is C28H26FNO4S. The van der Waals surface area contributed by atoms with Crippen molar-refractivity contribution >= 4 is 27.2 Å². The maximum Gasteiger partial charge on any atom is 0.195 e. The van der Waals surface area contributed by atoms with Gasteiger partial charge in [-0.2, -0.15) is 0 Å². The third kappa shape index (κ3) is 5.01. The molecule has 0 aliphatic carbocycles. The molecular weight excluding hydrogens is 465 g/mol. The molecule has 0 spiro atoms. The van der Waals surface area contributed by atoms with Gasteiger partial charge in [-0.15, -0.1) is 11.3 Å². The standard InChI is InChI=1S/C28H26FNO4S/c29-16-18-11-12-30(17-18)13-14-34-23-8-3-19(4-9-23)27(33)26-24-10-7-22(32)15-25(24)35-28(26)20-1-5-21(31)6-2-20/h1-10,15,18,31-32H,11-14,16-17H2. The number of hydrogen-bond donors (Lipinski definition) is 2. The highest BCUT2D eigenvalue weighted by molar-refractivity contribution is 7.22. The van der Waals surface area contributed by atoms with Crippen LogP contribution in [0.3, 0.4) is 0 Å². The third-order valence-electron chi connectivity index (χ3n) is 6.41. The number of rotatable bonds is 8. The maximum atomic E-state index is 13.6. The summed E-state index contributed by atoms with van der Waals surface area (Å²) < 4.78 is 19.5. The summed E-state index contributed by atoms with van der Waals surface area (Å²) in [5, 5.41) is 20.4. The molecule has 180 valence electrons. The highest BCUT2D eigenvalue weighted by Crippen LogP contribution is 2.41. The number of alkyl halides is 1. The Balaban J connectivity index is 1.36. The maximum absolute atomic E-state index is 13.6. The fourth-order valence-corrected chi connectivity index (χ4v) is 5.75. The van der Waals surface area contributed by atoms with Gasteiger partial charge in [0.2, 0.25) is 0 Å². The largest absolute Gasteiger partial charge is 0.508 e. The molecule has 1 unspecified atom stereocenters. The summed E-state index contributed by atoms with van der Waals surface area (Å²) in [6.45, 7) is 2.68. The van der Waals surface area contributed by atoms with E-state index in [9.17, 15) is 19.4 Å². The Hall–Kier alpha value is -3.42. The number of hydrogen-bond acceptors (Lipinski definition) is 6. The molecule has 3 aromatic carbocycles. The van der Waals surface area contributed by atoms with Crippen molar-refractivity contribution in [1.82, 2.24) is 4.90 Å². The first kappa shape index (κ1) is 23.3. The molecule has 1 saturated heterocycles. The molecule has 0 radical (unpaired) electrons. The smallest absolute Gasteiger partial charge is 0.195 e. The van der Waals surface area contributed by atoms with Gasteiger partial charge in [-0.05, 0) is 85.3 Å². The number of carbonyl (C=O) groups excluding carboxylic acids is 1. The molecule has 35 heavy (non-hydrogen) atoms. The van der Waals surface area contributed by atoms with Crippen molar-refractivity contribution in [1.29, 1.82) is 0 Å². The molecule has 2 N–H and O–H groups in total. The highest BCUT2D eigenvalue weighted by atomic mass is 32.1. The lowest BCUT2D eigenvalue weighted by molar-refractivity contribution is 0.104. The van der Waals surface area contributed by atoms with Gasteiger partial charge in [0.1, 0.15) is 23.9 Å². The van der Waals surface area contributed by atoms with Gasteiger partial charge in [-0.25, -0.2) is 0 Å². The number of nitrogens with zero attached hydrogens (tertiary/aromatic N) is 1. The second kappa shape index (κ2) is 10.1. The molecule has 1 atom stereocenters. The number of ether oxygens (including phenoxy) is 1. The Morgan fingerprint density at radius 3 is 2.49 bits per heavy atom. The summed E-state index contributed by atoms with van der Waals surface area (Å²) in [5.74, 6) is 1.00.